The average molecular weight is 297 g/mol. The molecule has 2 aliphatic carbocycles. The van der Waals surface area contributed by atoms with Crippen molar-refractivity contribution >= 4 is 0 Å². The van der Waals surface area contributed by atoms with Crippen LogP contribution in [0.1, 0.15) is 74.5 Å². The molecule has 2 N–H and O–H groups in total. The van der Waals surface area contributed by atoms with Gasteiger partial charge in [0.15, 0.2) is 0 Å². The largest absolute Gasteiger partial charge is 0.328 e. The summed E-state index contributed by atoms with van der Waals surface area (Å²) in [5.74, 6) is 1.61. The summed E-state index contributed by atoms with van der Waals surface area (Å²) >= 11 is 0. The molecule has 0 radical (unpaired) electrons. The minimum atomic E-state index is 0.432. The lowest BCUT2D eigenvalue weighted by Gasteiger charge is -2.25. The Bertz CT molecular complexity index is 517. The van der Waals surface area contributed by atoms with E-state index in [4.69, 9.17) is 5.73 Å². The molecule has 2 aliphatic rings. The van der Waals surface area contributed by atoms with Crippen LogP contribution in [0.3, 0.4) is 0 Å². The number of aryl methyl sites for hydroxylation is 1. The van der Waals surface area contributed by atoms with Crippen LogP contribution in [0.25, 0.3) is 0 Å². The first-order valence-electron chi connectivity index (χ1n) is 9.28. The second-order valence-electron chi connectivity index (χ2n) is 7.36. The predicted octanol–water partition coefficient (Wildman–Crippen LogP) is 5.13. The van der Waals surface area contributed by atoms with Crippen LogP contribution in [-0.4, -0.2) is 6.04 Å². The number of benzene rings is 1. The number of fused-ring (bicyclic) bond motifs is 1. The molecule has 1 saturated carbocycles. The van der Waals surface area contributed by atoms with Gasteiger partial charge >= 0.3 is 0 Å². The Labute approximate surface area is 136 Å². The fourth-order valence-electron chi connectivity index (χ4n) is 4.29. The molecular formula is C21H31N. The third-order valence-corrected chi connectivity index (χ3v) is 5.65. The molecule has 1 aromatic carbocycles. The summed E-state index contributed by atoms with van der Waals surface area (Å²) < 4.78 is 0. The number of nitrogens with two attached hydrogens (primary N) is 1. The van der Waals surface area contributed by atoms with E-state index in [9.17, 15) is 0 Å². The van der Waals surface area contributed by atoms with E-state index in [1.807, 2.05) is 0 Å². The van der Waals surface area contributed by atoms with Crippen molar-refractivity contribution in [1.82, 2.24) is 0 Å². The van der Waals surface area contributed by atoms with E-state index in [0.29, 0.717) is 6.04 Å². The van der Waals surface area contributed by atoms with Crippen molar-refractivity contribution in [2.75, 3.05) is 0 Å². The zero-order valence-corrected chi connectivity index (χ0v) is 14.1. The normalized spacial score (nSPS) is 28.2. The zero-order valence-electron chi connectivity index (χ0n) is 14.1. The van der Waals surface area contributed by atoms with Crippen LogP contribution in [0.15, 0.2) is 30.4 Å². The summed E-state index contributed by atoms with van der Waals surface area (Å²) in [6, 6.07) is 7.75. The summed E-state index contributed by atoms with van der Waals surface area (Å²) in [5, 5.41) is 0. The second kappa shape index (κ2) is 7.46. The molecule has 1 nitrogen and oxygen atoms in total. The lowest BCUT2D eigenvalue weighted by Crippen LogP contribution is -2.15. The maximum Gasteiger partial charge on any atom is 0.00448 e. The van der Waals surface area contributed by atoms with Crippen LogP contribution in [0.4, 0.5) is 0 Å². The van der Waals surface area contributed by atoms with Crippen LogP contribution < -0.4 is 5.73 Å². The second-order valence-corrected chi connectivity index (χ2v) is 7.36. The lowest BCUT2D eigenvalue weighted by atomic mass is 9.80. The first-order valence-corrected chi connectivity index (χ1v) is 9.28. The van der Waals surface area contributed by atoms with Crippen molar-refractivity contribution in [1.29, 1.82) is 0 Å². The smallest absolute Gasteiger partial charge is 0.00448 e. The summed E-state index contributed by atoms with van der Waals surface area (Å²) in [4.78, 5) is 0. The number of hydrogen-bond donors (Lipinski definition) is 1. The molecule has 0 saturated heterocycles. The Balaban J connectivity index is 1.60. The van der Waals surface area contributed by atoms with Gasteiger partial charge in [-0.25, -0.2) is 0 Å². The summed E-state index contributed by atoms with van der Waals surface area (Å²) in [6.45, 7) is 2.21. The molecule has 0 spiro atoms. The molecule has 3 rings (SSSR count). The standard InChI is InChI=1S/C21H31N/c1-2-3-4-5-6-16-7-8-18-14-19(10-9-17(18)13-16)20-11-12-21(22)15-20/h3-4,9-10,14,16,20-21H,2,5-8,11-13,15,22H2,1H3/b4-3-/t16-,20?,21?/m0/s1. The van der Waals surface area contributed by atoms with Gasteiger partial charge < -0.3 is 5.73 Å². The molecule has 1 heteroatoms. The highest BCUT2D eigenvalue weighted by Gasteiger charge is 2.25. The number of allylic oxidation sites excluding steroid dienone is 2. The first kappa shape index (κ1) is 15.8. The van der Waals surface area contributed by atoms with Gasteiger partial charge in [0.1, 0.15) is 0 Å². The van der Waals surface area contributed by atoms with E-state index in [0.717, 1.165) is 11.8 Å². The molecule has 0 aliphatic heterocycles. The van der Waals surface area contributed by atoms with Gasteiger partial charge in [0.25, 0.3) is 0 Å². The fourth-order valence-corrected chi connectivity index (χ4v) is 4.29. The van der Waals surface area contributed by atoms with Crippen LogP contribution in [-0.2, 0) is 12.8 Å². The van der Waals surface area contributed by atoms with Crippen LogP contribution in [0.5, 0.6) is 0 Å². The molecule has 2 unspecified atom stereocenters. The highest BCUT2D eigenvalue weighted by molar-refractivity contribution is 5.36. The Morgan fingerprint density at radius 1 is 1.14 bits per heavy atom. The first-order chi connectivity index (χ1) is 10.8. The Kier molecular flexibility index (Phi) is 5.36. The van der Waals surface area contributed by atoms with Gasteiger partial charge in [-0.05, 0) is 86.3 Å². The quantitative estimate of drug-likeness (QED) is 0.749. The van der Waals surface area contributed by atoms with Crippen LogP contribution in [0, 0.1) is 5.92 Å². The third kappa shape index (κ3) is 3.81. The Morgan fingerprint density at radius 2 is 2.05 bits per heavy atom. The van der Waals surface area contributed by atoms with Crippen LogP contribution in [0.2, 0.25) is 0 Å². The van der Waals surface area contributed by atoms with Crippen LogP contribution >= 0.6 is 0 Å². The number of rotatable bonds is 5. The molecule has 1 aromatic rings. The number of hydrogen-bond acceptors (Lipinski definition) is 1. The van der Waals surface area contributed by atoms with Crippen molar-refractivity contribution in [3.63, 3.8) is 0 Å². The molecule has 1 fully saturated rings. The van der Waals surface area contributed by atoms with Crippen molar-refractivity contribution in [3.8, 4) is 0 Å². The van der Waals surface area contributed by atoms with Crippen molar-refractivity contribution in [2.45, 2.75) is 76.7 Å². The van der Waals surface area contributed by atoms with Crippen molar-refractivity contribution in [2.24, 2.45) is 11.7 Å². The molecule has 22 heavy (non-hydrogen) atoms. The molecule has 0 bridgehead atoms. The highest BCUT2D eigenvalue weighted by Crippen LogP contribution is 2.36. The van der Waals surface area contributed by atoms with E-state index in [1.54, 1.807) is 16.7 Å². The van der Waals surface area contributed by atoms with Crippen molar-refractivity contribution < 1.29 is 0 Å². The summed E-state index contributed by atoms with van der Waals surface area (Å²) in [5.41, 5.74) is 10.9. The van der Waals surface area contributed by atoms with E-state index in [1.165, 1.54) is 57.8 Å². The predicted molar refractivity (Wildman–Crippen MR) is 95.2 cm³/mol. The zero-order chi connectivity index (χ0) is 15.4. The highest BCUT2D eigenvalue weighted by atomic mass is 14.6. The molecule has 0 heterocycles. The molecule has 0 amide bonds. The minimum absolute atomic E-state index is 0.432. The summed E-state index contributed by atoms with van der Waals surface area (Å²) in [7, 11) is 0. The molecule has 0 aromatic heterocycles. The third-order valence-electron chi connectivity index (χ3n) is 5.65. The van der Waals surface area contributed by atoms with Gasteiger partial charge in [-0.3, -0.25) is 0 Å². The van der Waals surface area contributed by atoms with Gasteiger partial charge in [-0.2, -0.15) is 0 Å². The Hall–Kier alpha value is -1.08. The van der Waals surface area contributed by atoms with Gasteiger partial charge in [0.05, 0.1) is 0 Å². The fraction of sp³-hybridized carbons (Fsp3) is 0.619. The van der Waals surface area contributed by atoms with Gasteiger partial charge in [0.2, 0.25) is 0 Å². The van der Waals surface area contributed by atoms with Gasteiger partial charge in [-0.15, -0.1) is 0 Å². The van der Waals surface area contributed by atoms with Gasteiger partial charge in [0, 0.05) is 6.04 Å². The van der Waals surface area contributed by atoms with Crippen molar-refractivity contribution in [3.05, 3.63) is 47.0 Å². The lowest BCUT2D eigenvalue weighted by molar-refractivity contribution is 0.430. The van der Waals surface area contributed by atoms with Gasteiger partial charge in [-0.1, -0.05) is 37.3 Å². The maximum atomic E-state index is 6.08. The van der Waals surface area contributed by atoms with E-state index >= 15 is 0 Å². The molecule has 120 valence electrons. The van der Waals surface area contributed by atoms with E-state index < -0.39 is 0 Å². The Morgan fingerprint density at radius 3 is 2.82 bits per heavy atom. The van der Waals surface area contributed by atoms with E-state index in [2.05, 4.69) is 37.3 Å². The topological polar surface area (TPSA) is 26.0 Å². The average Bonchev–Trinajstić information content (AvgIpc) is 2.97. The minimum Gasteiger partial charge on any atom is -0.328 e. The monoisotopic (exact) mass is 297 g/mol. The maximum absolute atomic E-state index is 6.08. The molecule has 3 atom stereocenters. The SMILES string of the molecule is CC/C=C\CC[C@H]1CCc2cc(C3CCC(N)C3)ccc2C1. The summed E-state index contributed by atoms with van der Waals surface area (Å²) in [6.07, 6.45) is 16.1. The van der Waals surface area contributed by atoms with E-state index in [-0.39, 0.29) is 0 Å². The molecular weight excluding hydrogens is 266 g/mol.